The molecule has 0 spiro atoms. The third kappa shape index (κ3) is 3.39. The zero-order valence-corrected chi connectivity index (χ0v) is 16.3. The zero-order valence-electron chi connectivity index (χ0n) is 16.3. The first-order valence-electron chi connectivity index (χ1n) is 9.26. The molecule has 0 radical (unpaired) electrons. The highest BCUT2D eigenvalue weighted by Gasteiger charge is 2.30. The Balaban J connectivity index is 1.85. The fourth-order valence-electron chi connectivity index (χ4n) is 3.26. The van der Waals surface area contributed by atoms with E-state index in [-0.39, 0.29) is 11.4 Å². The number of rotatable bonds is 4. The van der Waals surface area contributed by atoms with Crippen LogP contribution in [0.5, 0.6) is 0 Å². The van der Waals surface area contributed by atoms with Gasteiger partial charge in [0.15, 0.2) is 6.29 Å². The monoisotopic (exact) mass is 352 g/mol. The number of hydrogen-bond acceptors (Lipinski definition) is 3. The number of aryl methyl sites for hydroxylation is 1. The molecule has 1 amide bonds. The largest absolute Gasteiger partial charge is 0.329 e. The van der Waals surface area contributed by atoms with Gasteiger partial charge in [0.1, 0.15) is 5.82 Å². The van der Waals surface area contributed by atoms with E-state index in [1.54, 1.807) is 0 Å². The van der Waals surface area contributed by atoms with Crippen molar-refractivity contribution < 1.29 is 4.79 Å². The van der Waals surface area contributed by atoms with Crippen molar-refractivity contribution in [2.75, 3.05) is 11.4 Å². The molecule has 1 aromatic carbocycles. The predicted octanol–water partition coefficient (Wildman–Crippen LogP) is 3.78. The number of benzene rings is 1. The number of hydrogen-bond donors (Lipinski definition) is 1. The average molecular weight is 352 g/mol. The number of nitrogens with zero attached hydrogens (tertiary/aromatic N) is 3. The molecule has 0 aliphatic carbocycles. The highest BCUT2D eigenvalue weighted by Crippen LogP contribution is 2.31. The summed E-state index contributed by atoms with van der Waals surface area (Å²) in [5.41, 5.74) is 2.92. The molecular formula is C21H28N4O. The predicted molar refractivity (Wildman–Crippen MR) is 107 cm³/mol. The summed E-state index contributed by atoms with van der Waals surface area (Å²) in [5, 5.41) is 3.06. The fourth-order valence-corrected chi connectivity index (χ4v) is 3.26. The van der Waals surface area contributed by atoms with Gasteiger partial charge in [0.2, 0.25) is 0 Å². The first kappa shape index (κ1) is 18.2. The number of anilines is 1. The van der Waals surface area contributed by atoms with E-state index in [2.05, 4.69) is 66.7 Å². The van der Waals surface area contributed by atoms with Crippen molar-refractivity contribution in [1.29, 1.82) is 0 Å². The second-order valence-corrected chi connectivity index (χ2v) is 7.60. The van der Waals surface area contributed by atoms with E-state index < -0.39 is 6.29 Å². The topological polar surface area (TPSA) is 49.6 Å². The Morgan fingerprint density at radius 2 is 1.85 bits per heavy atom. The van der Waals surface area contributed by atoms with Crippen molar-refractivity contribution >= 4 is 17.9 Å². The lowest BCUT2D eigenvalue weighted by Crippen LogP contribution is -2.50. The van der Waals surface area contributed by atoms with Crippen molar-refractivity contribution in [3.8, 4) is 0 Å². The van der Waals surface area contributed by atoms with Gasteiger partial charge in [0.05, 0.1) is 0 Å². The minimum atomic E-state index is -0.401. The van der Waals surface area contributed by atoms with Crippen molar-refractivity contribution in [2.24, 2.45) is 4.99 Å². The Morgan fingerprint density at radius 3 is 2.42 bits per heavy atom. The summed E-state index contributed by atoms with van der Waals surface area (Å²) in [7, 11) is 0. The molecule has 1 unspecified atom stereocenters. The second-order valence-electron chi connectivity index (χ2n) is 7.60. The molecule has 2 heterocycles. The summed E-state index contributed by atoms with van der Waals surface area (Å²) >= 11 is 0. The molecule has 1 aromatic heterocycles. The smallest absolute Gasteiger partial charge is 0.254 e. The summed E-state index contributed by atoms with van der Waals surface area (Å²) in [5.74, 6) is 0.993. The van der Waals surface area contributed by atoms with Crippen molar-refractivity contribution in [2.45, 2.75) is 52.9 Å². The van der Waals surface area contributed by atoms with E-state index in [1.165, 1.54) is 5.56 Å². The van der Waals surface area contributed by atoms with Crippen molar-refractivity contribution in [3.63, 3.8) is 0 Å². The molecule has 0 saturated carbocycles. The SMILES string of the molecule is CCc1ccc(C(=O)NC2N=Cc3ccn(C(C)(C)C)c3N2CC)cc1. The average Bonchev–Trinajstić information content (AvgIpc) is 3.06. The van der Waals surface area contributed by atoms with Crippen LogP contribution in [0.1, 0.15) is 56.1 Å². The van der Waals surface area contributed by atoms with Gasteiger partial charge in [-0.25, -0.2) is 4.99 Å². The molecule has 1 N–H and O–H groups in total. The van der Waals surface area contributed by atoms with Crippen LogP contribution in [0.3, 0.4) is 0 Å². The van der Waals surface area contributed by atoms with Crippen molar-refractivity contribution in [1.82, 2.24) is 9.88 Å². The minimum absolute atomic E-state index is 0.0449. The number of aromatic nitrogens is 1. The molecule has 1 atom stereocenters. The van der Waals surface area contributed by atoms with Crippen LogP contribution in [-0.4, -0.2) is 29.5 Å². The van der Waals surface area contributed by atoms with Crippen LogP contribution in [0.15, 0.2) is 41.5 Å². The standard InChI is InChI=1S/C21H28N4O/c1-6-15-8-10-16(11-9-15)18(26)23-20-22-14-17-12-13-25(21(3,4)5)19(17)24(20)7-2/h8-14,20H,6-7H2,1-5H3,(H,23,26). The molecule has 1 aliphatic heterocycles. The first-order valence-corrected chi connectivity index (χ1v) is 9.26. The van der Waals surface area contributed by atoms with Gasteiger partial charge >= 0.3 is 0 Å². The first-order chi connectivity index (χ1) is 12.3. The van der Waals surface area contributed by atoms with Gasteiger partial charge in [-0.2, -0.15) is 0 Å². The summed E-state index contributed by atoms with van der Waals surface area (Å²) in [4.78, 5) is 19.4. The number of carbonyl (C=O) groups is 1. The molecule has 138 valence electrons. The maximum Gasteiger partial charge on any atom is 0.254 e. The molecule has 1 aliphatic rings. The third-order valence-corrected chi connectivity index (χ3v) is 4.76. The summed E-state index contributed by atoms with van der Waals surface area (Å²) in [6.07, 6.45) is 4.51. The lowest BCUT2D eigenvalue weighted by molar-refractivity contribution is 0.0937. The van der Waals surface area contributed by atoms with Crippen LogP contribution >= 0.6 is 0 Å². The lowest BCUT2D eigenvalue weighted by atomic mass is 10.1. The number of aliphatic imine (C=N–C) groups is 1. The van der Waals surface area contributed by atoms with Crippen LogP contribution in [0.2, 0.25) is 0 Å². The van der Waals surface area contributed by atoms with Gasteiger partial charge in [0.25, 0.3) is 5.91 Å². The Morgan fingerprint density at radius 1 is 1.15 bits per heavy atom. The Kier molecular flexibility index (Phi) is 4.90. The number of fused-ring (bicyclic) bond motifs is 1. The third-order valence-electron chi connectivity index (χ3n) is 4.76. The molecular weight excluding hydrogens is 324 g/mol. The van der Waals surface area contributed by atoms with E-state index in [0.717, 1.165) is 24.3 Å². The van der Waals surface area contributed by atoms with Crippen LogP contribution in [0.4, 0.5) is 5.82 Å². The quantitative estimate of drug-likeness (QED) is 0.910. The second kappa shape index (κ2) is 6.98. The minimum Gasteiger partial charge on any atom is -0.329 e. The molecule has 0 bridgehead atoms. The molecule has 26 heavy (non-hydrogen) atoms. The molecule has 5 nitrogen and oxygen atoms in total. The van der Waals surface area contributed by atoms with E-state index >= 15 is 0 Å². The Bertz CT molecular complexity index is 812. The Labute approximate surface area is 155 Å². The van der Waals surface area contributed by atoms with Gasteiger partial charge in [0, 0.05) is 35.6 Å². The number of amides is 1. The lowest BCUT2D eigenvalue weighted by Gasteiger charge is -2.37. The van der Waals surface area contributed by atoms with Crippen LogP contribution < -0.4 is 10.2 Å². The van der Waals surface area contributed by atoms with Gasteiger partial charge in [-0.3, -0.25) is 4.79 Å². The van der Waals surface area contributed by atoms with Gasteiger partial charge in [-0.15, -0.1) is 0 Å². The Hall–Kier alpha value is -2.56. The van der Waals surface area contributed by atoms with Crippen LogP contribution in [0.25, 0.3) is 0 Å². The normalized spacial score (nSPS) is 16.5. The summed E-state index contributed by atoms with van der Waals surface area (Å²) < 4.78 is 2.24. The fraction of sp³-hybridized carbons (Fsp3) is 0.429. The van der Waals surface area contributed by atoms with E-state index in [4.69, 9.17) is 0 Å². The summed E-state index contributed by atoms with van der Waals surface area (Å²) in [6, 6.07) is 9.83. The van der Waals surface area contributed by atoms with Gasteiger partial charge in [-0.1, -0.05) is 19.1 Å². The summed E-state index contributed by atoms with van der Waals surface area (Å²) in [6.45, 7) is 11.5. The number of nitrogens with one attached hydrogen (secondary N) is 1. The maximum absolute atomic E-state index is 12.7. The van der Waals surface area contributed by atoms with Gasteiger partial charge in [-0.05, 0) is 57.9 Å². The molecule has 3 rings (SSSR count). The molecule has 0 fully saturated rings. The molecule has 5 heteroatoms. The maximum atomic E-state index is 12.7. The molecule has 2 aromatic rings. The van der Waals surface area contributed by atoms with Crippen LogP contribution in [0, 0.1) is 0 Å². The zero-order chi connectivity index (χ0) is 18.9. The highest BCUT2D eigenvalue weighted by atomic mass is 16.2. The molecule has 0 saturated heterocycles. The van der Waals surface area contributed by atoms with E-state index in [1.807, 2.05) is 30.5 Å². The van der Waals surface area contributed by atoms with E-state index in [0.29, 0.717) is 5.56 Å². The highest BCUT2D eigenvalue weighted by molar-refractivity contribution is 5.95. The van der Waals surface area contributed by atoms with Crippen molar-refractivity contribution in [3.05, 3.63) is 53.2 Å². The number of carbonyl (C=O) groups excluding carboxylic acids is 1. The van der Waals surface area contributed by atoms with Crippen LogP contribution in [-0.2, 0) is 12.0 Å². The van der Waals surface area contributed by atoms with E-state index in [9.17, 15) is 4.79 Å². The van der Waals surface area contributed by atoms with Gasteiger partial charge < -0.3 is 14.8 Å².